The molecule has 1 saturated heterocycles. The van der Waals surface area contributed by atoms with Crippen LogP contribution in [0.15, 0.2) is 51.6 Å². The minimum atomic E-state index is -1.01. The Labute approximate surface area is 219 Å². The van der Waals surface area contributed by atoms with Gasteiger partial charge in [-0.3, -0.25) is 28.9 Å². The molecule has 2 amide bonds. The van der Waals surface area contributed by atoms with Crippen molar-refractivity contribution in [3.63, 3.8) is 0 Å². The van der Waals surface area contributed by atoms with Gasteiger partial charge >= 0.3 is 5.97 Å². The number of aromatic hydroxyl groups is 1. The second-order valence-corrected chi connectivity index (χ2v) is 10.7. The molecule has 0 unspecified atom stereocenters. The third-order valence-corrected chi connectivity index (χ3v) is 8.32. The van der Waals surface area contributed by atoms with Gasteiger partial charge in [0.25, 0.3) is 0 Å². The molecule has 10 heteroatoms. The summed E-state index contributed by atoms with van der Waals surface area (Å²) in [7, 11) is 0. The summed E-state index contributed by atoms with van der Waals surface area (Å²) in [5.41, 5.74) is 1.56. The van der Waals surface area contributed by atoms with Gasteiger partial charge < -0.3 is 10.2 Å². The van der Waals surface area contributed by atoms with E-state index >= 15 is 0 Å². The third kappa shape index (κ3) is 3.85. The topological polar surface area (TPSA) is 129 Å². The minimum Gasteiger partial charge on any atom is -0.508 e. The van der Waals surface area contributed by atoms with Gasteiger partial charge in [0, 0.05) is 46.7 Å². The lowest BCUT2D eigenvalue weighted by Crippen LogP contribution is -2.39. The maximum absolute atomic E-state index is 13.5. The molecule has 0 aromatic heterocycles. The molecule has 8 nitrogen and oxygen atoms in total. The summed E-state index contributed by atoms with van der Waals surface area (Å²) in [6, 6.07) is 4.48. The lowest BCUT2D eigenvalue weighted by atomic mass is 9.59. The second-order valence-electron chi connectivity index (χ2n) is 9.42. The first-order valence-electron chi connectivity index (χ1n) is 11.5. The van der Waals surface area contributed by atoms with Crippen molar-refractivity contribution in [2.75, 3.05) is 6.54 Å². The van der Waals surface area contributed by atoms with E-state index in [4.69, 9.17) is 16.7 Å². The predicted octanol–water partition coefficient (Wildman–Crippen LogP) is 3.67. The minimum absolute atomic E-state index is 0.0111. The first-order chi connectivity index (χ1) is 17.1. The number of likely N-dealkylation sites (tertiary alicyclic amines) is 1. The Bertz CT molecular complexity index is 1340. The molecule has 1 heterocycles. The summed E-state index contributed by atoms with van der Waals surface area (Å²) in [6.45, 7) is 0.0111. The van der Waals surface area contributed by atoms with Crippen molar-refractivity contribution in [1.82, 2.24) is 4.90 Å². The van der Waals surface area contributed by atoms with Crippen LogP contribution in [0.3, 0.4) is 0 Å². The number of carbonyl (C=O) groups excluding carboxylic acids is 4. The van der Waals surface area contributed by atoms with Crippen molar-refractivity contribution in [3.8, 4) is 5.75 Å². The Kier molecular flexibility index (Phi) is 6.24. The number of amides is 2. The third-order valence-electron chi connectivity index (χ3n) is 7.50. The van der Waals surface area contributed by atoms with E-state index in [1.807, 2.05) is 6.08 Å². The number of carbonyl (C=O) groups is 5. The van der Waals surface area contributed by atoms with E-state index in [1.165, 1.54) is 18.2 Å². The van der Waals surface area contributed by atoms with E-state index < -0.39 is 35.5 Å². The van der Waals surface area contributed by atoms with Crippen molar-refractivity contribution < 1.29 is 34.2 Å². The summed E-state index contributed by atoms with van der Waals surface area (Å²) in [4.78, 5) is 65.0. The highest BCUT2D eigenvalue weighted by molar-refractivity contribution is 9.12. The zero-order chi connectivity index (χ0) is 25.9. The maximum atomic E-state index is 13.5. The van der Waals surface area contributed by atoms with E-state index in [0.29, 0.717) is 16.2 Å². The molecule has 1 aromatic carbocycles. The van der Waals surface area contributed by atoms with Crippen molar-refractivity contribution in [2.45, 2.75) is 31.6 Å². The van der Waals surface area contributed by atoms with Gasteiger partial charge in [0.1, 0.15) is 5.75 Å². The van der Waals surface area contributed by atoms with Gasteiger partial charge in [0.05, 0.1) is 16.3 Å². The van der Waals surface area contributed by atoms with E-state index in [1.54, 1.807) is 6.07 Å². The van der Waals surface area contributed by atoms with Crippen molar-refractivity contribution in [3.05, 3.63) is 62.1 Å². The molecule has 1 aromatic rings. The number of aliphatic carboxylic acids is 1. The molecule has 3 aliphatic carbocycles. The van der Waals surface area contributed by atoms with Crippen LogP contribution in [0.25, 0.3) is 0 Å². The van der Waals surface area contributed by atoms with Gasteiger partial charge in [-0.2, -0.15) is 0 Å². The van der Waals surface area contributed by atoms with Gasteiger partial charge in [0.2, 0.25) is 11.8 Å². The van der Waals surface area contributed by atoms with E-state index in [0.717, 1.165) is 4.90 Å². The monoisotopic (exact) mass is 573 g/mol. The number of fused-ring (bicyclic) bond motifs is 3. The number of allylic oxidation sites excluding steroid dienone is 6. The zero-order valence-electron chi connectivity index (χ0n) is 18.9. The van der Waals surface area contributed by atoms with Crippen LogP contribution in [0.5, 0.6) is 5.75 Å². The van der Waals surface area contributed by atoms with E-state index in [-0.39, 0.29) is 71.1 Å². The number of phenols is 1. The molecule has 1 aliphatic heterocycles. The van der Waals surface area contributed by atoms with Crippen LogP contribution in [-0.2, 0) is 24.0 Å². The summed E-state index contributed by atoms with van der Waals surface area (Å²) < 4.78 is 0.115. The highest BCUT2D eigenvalue weighted by Crippen LogP contribution is 2.56. The van der Waals surface area contributed by atoms with E-state index in [9.17, 15) is 29.1 Å². The highest BCUT2D eigenvalue weighted by atomic mass is 79.9. The molecule has 4 atom stereocenters. The quantitative estimate of drug-likeness (QED) is 0.312. The Hall–Kier alpha value is -3.04. The largest absolute Gasteiger partial charge is 0.508 e. The maximum Gasteiger partial charge on any atom is 0.303 e. The molecular formula is C26H21BrClNO7. The van der Waals surface area contributed by atoms with E-state index in [2.05, 4.69) is 15.9 Å². The average Bonchev–Trinajstić information content (AvgIpc) is 3.07. The molecule has 36 heavy (non-hydrogen) atoms. The van der Waals surface area contributed by atoms with Crippen LogP contribution >= 0.6 is 27.5 Å². The number of rotatable bonds is 5. The molecule has 0 bridgehead atoms. The zero-order valence-corrected chi connectivity index (χ0v) is 21.2. The SMILES string of the molecule is O=C(O)CCCN1C(=O)[C@H]2[C@H](CC=C3[C@H](c4cc(Cl)ccc4O)C4=C(C[C@H]32)C(=O)C(Br)=CC4=O)C1=O. The number of phenolic OH excluding ortho intramolecular Hbond substituents is 1. The highest BCUT2D eigenvalue weighted by Gasteiger charge is 2.56. The van der Waals surface area contributed by atoms with Crippen LogP contribution in [0.1, 0.15) is 37.2 Å². The normalized spacial score (nSPS) is 27.4. The number of carboxylic acid groups (broad SMARTS) is 1. The van der Waals surface area contributed by atoms with Crippen LogP contribution in [0.2, 0.25) is 5.02 Å². The molecule has 1 fully saturated rings. The lowest BCUT2D eigenvalue weighted by molar-refractivity contribution is -0.142. The van der Waals surface area contributed by atoms with Crippen molar-refractivity contribution in [2.24, 2.45) is 17.8 Å². The molecule has 4 aliphatic rings. The average molecular weight is 575 g/mol. The number of carboxylic acids is 1. The predicted molar refractivity (Wildman–Crippen MR) is 131 cm³/mol. The fourth-order valence-electron chi connectivity index (χ4n) is 5.99. The Balaban J connectivity index is 1.60. The summed E-state index contributed by atoms with van der Waals surface area (Å²) in [5, 5.41) is 20.0. The number of imide groups is 1. The molecule has 186 valence electrons. The van der Waals surface area contributed by atoms with Gasteiger partial charge in [0.15, 0.2) is 11.6 Å². The molecule has 0 saturated carbocycles. The number of hydrogen-bond acceptors (Lipinski definition) is 6. The smallest absolute Gasteiger partial charge is 0.303 e. The molecule has 2 N–H and O–H groups in total. The number of nitrogens with zero attached hydrogens (tertiary/aromatic N) is 1. The number of ketones is 2. The first kappa shape index (κ1) is 24.6. The molecular weight excluding hydrogens is 554 g/mol. The molecule has 0 spiro atoms. The molecule has 5 rings (SSSR count). The Morgan fingerprint density at radius 2 is 1.89 bits per heavy atom. The summed E-state index contributed by atoms with van der Waals surface area (Å²) in [6.07, 6.45) is 3.42. The van der Waals surface area contributed by atoms with Gasteiger partial charge in [-0.15, -0.1) is 0 Å². The number of halogens is 2. The standard InChI is InChI=1S/C26H21BrClNO7/c27-17-10-19(31)23-16(24(17)34)9-14-12(21(23)15-8-11(28)3-6-18(15)30)4-5-13-22(14)26(36)29(25(13)35)7-1-2-20(32)33/h3-4,6,8,10,13-14,21-22,30H,1-2,5,7,9H2,(H,32,33)/t13-,14+,21+,22-/m0/s1. The number of hydrogen-bond donors (Lipinski definition) is 2. The first-order valence-corrected chi connectivity index (χ1v) is 12.7. The fraction of sp³-hybridized carbons (Fsp3) is 0.346. The summed E-state index contributed by atoms with van der Waals surface area (Å²) >= 11 is 9.40. The van der Waals surface area contributed by atoms with Crippen molar-refractivity contribution in [1.29, 1.82) is 0 Å². The Morgan fingerprint density at radius 3 is 2.61 bits per heavy atom. The van der Waals surface area contributed by atoms with Crippen LogP contribution in [0.4, 0.5) is 0 Å². The molecule has 0 radical (unpaired) electrons. The van der Waals surface area contributed by atoms with Crippen LogP contribution < -0.4 is 0 Å². The summed E-state index contributed by atoms with van der Waals surface area (Å²) in [5.74, 6) is -5.29. The number of benzene rings is 1. The fourth-order valence-corrected chi connectivity index (χ4v) is 6.62. The van der Waals surface area contributed by atoms with Crippen LogP contribution in [0, 0.1) is 17.8 Å². The Morgan fingerprint density at radius 1 is 1.14 bits per heavy atom. The van der Waals surface area contributed by atoms with Gasteiger partial charge in [-0.1, -0.05) is 23.3 Å². The lowest BCUT2D eigenvalue weighted by Gasteiger charge is -2.42. The van der Waals surface area contributed by atoms with Gasteiger partial charge in [-0.25, -0.2) is 0 Å². The number of Topliss-reactive ketones (excluding diaryl/α,β-unsaturated/α-hetero) is 1. The van der Waals surface area contributed by atoms with Crippen molar-refractivity contribution >= 4 is 56.9 Å². The second kappa shape index (κ2) is 9.12. The van der Waals surface area contributed by atoms with Crippen LogP contribution in [-0.4, -0.2) is 51.0 Å². The van der Waals surface area contributed by atoms with Gasteiger partial charge in [-0.05, 0) is 59.3 Å².